The van der Waals surface area contributed by atoms with Crippen LogP contribution in [0.25, 0.3) is 11.4 Å². The van der Waals surface area contributed by atoms with Crippen molar-refractivity contribution in [2.24, 2.45) is 5.92 Å². The maximum absolute atomic E-state index is 11.6. The Hall–Kier alpha value is -2.70. The van der Waals surface area contributed by atoms with Crippen LogP contribution in [0, 0.1) is 5.92 Å². The van der Waals surface area contributed by atoms with Crippen LogP contribution in [0.2, 0.25) is 0 Å². The average Bonchev–Trinajstić information content (AvgIpc) is 2.45. The van der Waals surface area contributed by atoms with Gasteiger partial charge < -0.3 is 15.0 Å². The number of hydrogen-bond acceptors (Lipinski definition) is 5. The molecule has 0 spiro atoms. The van der Waals surface area contributed by atoms with E-state index in [9.17, 15) is 9.59 Å². The number of aliphatic carboxylic acids is 1. The van der Waals surface area contributed by atoms with Crippen molar-refractivity contribution in [3.8, 4) is 11.4 Å². The van der Waals surface area contributed by atoms with Crippen LogP contribution in [-0.2, 0) is 11.2 Å². The van der Waals surface area contributed by atoms with Crippen molar-refractivity contribution >= 4 is 11.8 Å². The van der Waals surface area contributed by atoms with E-state index in [1.54, 1.807) is 6.20 Å². The number of rotatable bonds is 4. The molecule has 7 nitrogen and oxygen atoms in total. The second-order valence-electron chi connectivity index (χ2n) is 5.28. The van der Waals surface area contributed by atoms with E-state index >= 15 is 0 Å². The number of H-pyrrole nitrogens is 1. The van der Waals surface area contributed by atoms with Crippen LogP contribution in [0.1, 0.15) is 12.6 Å². The lowest BCUT2D eigenvalue weighted by molar-refractivity contribution is -0.142. The van der Waals surface area contributed by atoms with Gasteiger partial charge in [0.25, 0.3) is 5.56 Å². The molecule has 1 fully saturated rings. The largest absolute Gasteiger partial charge is 0.481 e. The average molecular weight is 300 g/mol. The predicted molar refractivity (Wildman–Crippen MR) is 80.8 cm³/mol. The smallest absolute Gasteiger partial charge is 0.310 e. The molecule has 2 N–H and O–H groups in total. The van der Waals surface area contributed by atoms with E-state index in [1.807, 2.05) is 24.0 Å². The highest BCUT2D eigenvalue weighted by atomic mass is 16.4. The van der Waals surface area contributed by atoms with Crippen molar-refractivity contribution in [2.45, 2.75) is 13.3 Å². The maximum atomic E-state index is 11.6. The summed E-state index contributed by atoms with van der Waals surface area (Å²) < 4.78 is 0. The van der Waals surface area contributed by atoms with Crippen LogP contribution >= 0.6 is 0 Å². The molecule has 0 radical (unpaired) electrons. The van der Waals surface area contributed by atoms with Crippen LogP contribution < -0.4 is 10.5 Å². The van der Waals surface area contributed by atoms with Crippen molar-refractivity contribution < 1.29 is 9.90 Å². The Balaban J connectivity index is 1.79. The molecule has 2 aromatic heterocycles. The summed E-state index contributed by atoms with van der Waals surface area (Å²) in [4.78, 5) is 35.7. The first kappa shape index (κ1) is 14.2. The Labute approximate surface area is 126 Å². The second-order valence-corrected chi connectivity index (χ2v) is 5.28. The number of nitrogens with one attached hydrogen (secondary N) is 1. The number of hydrogen-bond donors (Lipinski definition) is 2. The van der Waals surface area contributed by atoms with Gasteiger partial charge in [-0.1, -0.05) is 6.92 Å². The first-order valence-electron chi connectivity index (χ1n) is 7.11. The third-order valence-electron chi connectivity index (χ3n) is 3.73. The Morgan fingerprint density at radius 2 is 2.23 bits per heavy atom. The highest BCUT2D eigenvalue weighted by Crippen LogP contribution is 2.24. The molecule has 0 aliphatic carbocycles. The lowest BCUT2D eigenvalue weighted by Crippen LogP contribution is -2.50. The zero-order valence-electron chi connectivity index (χ0n) is 12.1. The molecule has 0 atom stereocenters. The third-order valence-corrected chi connectivity index (χ3v) is 3.73. The van der Waals surface area contributed by atoms with E-state index in [0.717, 1.165) is 17.1 Å². The number of anilines is 1. The summed E-state index contributed by atoms with van der Waals surface area (Å²) in [6.45, 7) is 2.89. The molecule has 114 valence electrons. The van der Waals surface area contributed by atoms with Crippen LogP contribution in [-0.4, -0.2) is 39.1 Å². The van der Waals surface area contributed by atoms with Gasteiger partial charge in [-0.25, -0.2) is 9.97 Å². The molecular weight excluding hydrogens is 284 g/mol. The molecule has 1 aliphatic heterocycles. The van der Waals surface area contributed by atoms with E-state index in [0.29, 0.717) is 25.3 Å². The van der Waals surface area contributed by atoms with Crippen molar-refractivity contribution in [3.05, 3.63) is 40.4 Å². The van der Waals surface area contributed by atoms with E-state index in [2.05, 4.69) is 15.0 Å². The number of carbonyl (C=O) groups is 1. The number of carboxylic acids is 1. The molecule has 0 bridgehead atoms. The van der Waals surface area contributed by atoms with Gasteiger partial charge in [0.1, 0.15) is 11.6 Å². The molecule has 22 heavy (non-hydrogen) atoms. The van der Waals surface area contributed by atoms with Crippen molar-refractivity contribution in [2.75, 3.05) is 18.0 Å². The fourth-order valence-corrected chi connectivity index (χ4v) is 2.36. The number of carboxylic acid groups (broad SMARTS) is 1. The van der Waals surface area contributed by atoms with Gasteiger partial charge >= 0.3 is 5.97 Å². The minimum absolute atomic E-state index is 0.182. The van der Waals surface area contributed by atoms with Gasteiger partial charge in [0, 0.05) is 36.6 Å². The zero-order chi connectivity index (χ0) is 15.7. The molecule has 1 aliphatic rings. The minimum atomic E-state index is -0.772. The molecular formula is C15H16N4O3. The summed E-state index contributed by atoms with van der Waals surface area (Å²) in [6, 6.07) is 5.12. The quantitative estimate of drug-likeness (QED) is 0.871. The van der Waals surface area contributed by atoms with E-state index < -0.39 is 5.97 Å². The van der Waals surface area contributed by atoms with Gasteiger partial charge in [0.05, 0.1) is 5.92 Å². The van der Waals surface area contributed by atoms with Gasteiger partial charge in [-0.3, -0.25) is 9.59 Å². The SMILES string of the molecule is CCc1cc(=O)[nH]c(-c2ccc(N3CC(C(=O)O)C3)nc2)n1. The number of aryl methyl sites for hydroxylation is 1. The first-order chi connectivity index (χ1) is 10.6. The molecule has 0 saturated carbocycles. The Morgan fingerprint density at radius 1 is 1.45 bits per heavy atom. The van der Waals surface area contributed by atoms with Gasteiger partial charge in [0.2, 0.25) is 0 Å². The summed E-state index contributed by atoms with van der Waals surface area (Å²) in [5.74, 6) is 0.137. The summed E-state index contributed by atoms with van der Waals surface area (Å²) in [5.41, 5.74) is 1.28. The number of pyridine rings is 1. The number of aromatic nitrogens is 3. The minimum Gasteiger partial charge on any atom is -0.481 e. The number of nitrogens with zero attached hydrogens (tertiary/aromatic N) is 3. The summed E-state index contributed by atoms with van der Waals surface area (Å²) in [7, 11) is 0. The van der Waals surface area contributed by atoms with Crippen LogP contribution in [0.15, 0.2) is 29.2 Å². The summed E-state index contributed by atoms with van der Waals surface area (Å²) in [6.07, 6.45) is 2.33. The van der Waals surface area contributed by atoms with Gasteiger partial charge in [-0.05, 0) is 18.6 Å². The van der Waals surface area contributed by atoms with E-state index in [1.165, 1.54) is 6.07 Å². The van der Waals surface area contributed by atoms with Gasteiger partial charge in [0.15, 0.2) is 0 Å². The van der Waals surface area contributed by atoms with E-state index in [4.69, 9.17) is 5.11 Å². The fourth-order valence-electron chi connectivity index (χ4n) is 2.36. The van der Waals surface area contributed by atoms with E-state index in [-0.39, 0.29) is 11.5 Å². The molecule has 1 saturated heterocycles. The normalized spacial score (nSPS) is 14.7. The highest BCUT2D eigenvalue weighted by molar-refractivity contribution is 5.74. The summed E-state index contributed by atoms with van der Waals surface area (Å²) >= 11 is 0. The molecule has 7 heteroatoms. The highest BCUT2D eigenvalue weighted by Gasteiger charge is 2.33. The van der Waals surface area contributed by atoms with Crippen molar-refractivity contribution in [1.29, 1.82) is 0 Å². The lowest BCUT2D eigenvalue weighted by atomic mass is 10.0. The Morgan fingerprint density at radius 3 is 2.82 bits per heavy atom. The monoisotopic (exact) mass is 300 g/mol. The fraction of sp³-hybridized carbons (Fsp3) is 0.333. The molecule has 0 amide bonds. The zero-order valence-corrected chi connectivity index (χ0v) is 12.1. The second kappa shape index (κ2) is 5.59. The molecule has 0 unspecified atom stereocenters. The van der Waals surface area contributed by atoms with Gasteiger partial charge in [-0.15, -0.1) is 0 Å². The third kappa shape index (κ3) is 2.69. The van der Waals surface area contributed by atoms with Crippen molar-refractivity contribution in [1.82, 2.24) is 15.0 Å². The van der Waals surface area contributed by atoms with Crippen molar-refractivity contribution in [3.63, 3.8) is 0 Å². The standard InChI is InChI=1S/C15H16N4O3/c1-2-11-5-13(20)18-14(17-11)9-3-4-12(16-6-9)19-7-10(8-19)15(21)22/h3-6,10H,2,7-8H2,1H3,(H,21,22)(H,17,18,20). The van der Waals surface area contributed by atoms with Crippen LogP contribution in [0.5, 0.6) is 0 Å². The molecule has 0 aromatic carbocycles. The lowest BCUT2D eigenvalue weighted by Gasteiger charge is -2.37. The van der Waals surface area contributed by atoms with Gasteiger partial charge in [-0.2, -0.15) is 0 Å². The molecule has 3 rings (SSSR count). The first-order valence-corrected chi connectivity index (χ1v) is 7.11. The maximum Gasteiger partial charge on any atom is 0.310 e. The predicted octanol–water partition coefficient (Wildman–Crippen LogP) is 0.915. The number of aromatic amines is 1. The topological polar surface area (TPSA) is 99.2 Å². The van der Waals surface area contributed by atoms with Crippen LogP contribution in [0.3, 0.4) is 0 Å². The van der Waals surface area contributed by atoms with Crippen LogP contribution in [0.4, 0.5) is 5.82 Å². The molecule has 2 aromatic rings. The molecule has 3 heterocycles. The summed E-state index contributed by atoms with van der Waals surface area (Å²) in [5, 5.41) is 8.88. The Bertz CT molecular complexity index is 748. The Kier molecular flexibility index (Phi) is 3.62.